The maximum Gasteiger partial charge on any atom is 0.0226 e. The molecule has 1 heterocycles. The Morgan fingerprint density at radius 3 is 2.55 bits per heavy atom. The fraction of sp³-hybridized carbons (Fsp3) is 0.778. The van der Waals surface area contributed by atoms with Gasteiger partial charge in [0.2, 0.25) is 0 Å². The van der Waals surface area contributed by atoms with Crippen LogP contribution in [0.2, 0.25) is 0 Å². The summed E-state index contributed by atoms with van der Waals surface area (Å²) in [5.41, 5.74) is 4.32. The Morgan fingerprint density at radius 2 is 1.95 bits per heavy atom. The number of aromatic nitrogens is 1. The molecule has 1 aliphatic rings. The van der Waals surface area contributed by atoms with Crippen molar-refractivity contribution in [1.29, 1.82) is 0 Å². The van der Waals surface area contributed by atoms with Crippen molar-refractivity contribution in [1.82, 2.24) is 9.88 Å². The summed E-state index contributed by atoms with van der Waals surface area (Å²) in [6.07, 6.45) is 5.58. The van der Waals surface area contributed by atoms with E-state index < -0.39 is 0 Å². The predicted molar refractivity (Wildman–Crippen MR) is 87.0 cm³/mol. The molecule has 1 N–H and O–H groups in total. The SMILES string of the molecule is CCn1c(C)cc(CNC2CCCCC2C(C)C)c1C. The third-order valence-electron chi connectivity index (χ3n) is 5.23. The van der Waals surface area contributed by atoms with E-state index >= 15 is 0 Å². The van der Waals surface area contributed by atoms with Crippen LogP contribution in [0.25, 0.3) is 0 Å². The summed E-state index contributed by atoms with van der Waals surface area (Å²) in [7, 11) is 0. The van der Waals surface area contributed by atoms with E-state index in [9.17, 15) is 0 Å². The van der Waals surface area contributed by atoms with Gasteiger partial charge in [-0.3, -0.25) is 0 Å². The summed E-state index contributed by atoms with van der Waals surface area (Å²) in [6.45, 7) is 13.6. The first kappa shape index (κ1) is 15.6. The third kappa shape index (κ3) is 3.28. The molecule has 1 aliphatic carbocycles. The molecule has 0 spiro atoms. The highest BCUT2D eigenvalue weighted by Crippen LogP contribution is 2.30. The van der Waals surface area contributed by atoms with Crippen LogP contribution in [-0.2, 0) is 13.1 Å². The highest BCUT2D eigenvalue weighted by atomic mass is 15.0. The molecule has 114 valence electrons. The van der Waals surface area contributed by atoms with Gasteiger partial charge in [0.25, 0.3) is 0 Å². The molecule has 0 bridgehead atoms. The molecule has 0 saturated heterocycles. The molecule has 1 saturated carbocycles. The fourth-order valence-electron chi connectivity index (χ4n) is 3.99. The molecular formula is C18H32N2. The molecule has 2 atom stereocenters. The van der Waals surface area contributed by atoms with Gasteiger partial charge in [0.05, 0.1) is 0 Å². The third-order valence-corrected chi connectivity index (χ3v) is 5.23. The smallest absolute Gasteiger partial charge is 0.0226 e. The Hall–Kier alpha value is -0.760. The summed E-state index contributed by atoms with van der Waals surface area (Å²) < 4.78 is 2.41. The first-order valence-corrected chi connectivity index (χ1v) is 8.43. The van der Waals surface area contributed by atoms with Crippen LogP contribution in [0.15, 0.2) is 6.07 Å². The molecular weight excluding hydrogens is 244 g/mol. The standard InChI is InChI=1S/C18H32N2/c1-6-20-14(4)11-16(15(20)5)12-19-18-10-8-7-9-17(18)13(2)3/h11,13,17-19H,6-10,12H2,1-5H3. The molecule has 0 radical (unpaired) electrons. The van der Waals surface area contributed by atoms with E-state index in [0.29, 0.717) is 6.04 Å². The van der Waals surface area contributed by atoms with E-state index in [4.69, 9.17) is 0 Å². The quantitative estimate of drug-likeness (QED) is 0.842. The van der Waals surface area contributed by atoms with Crippen molar-refractivity contribution in [2.24, 2.45) is 11.8 Å². The lowest BCUT2D eigenvalue weighted by Gasteiger charge is -2.35. The van der Waals surface area contributed by atoms with Crippen LogP contribution >= 0.6 is 0 Å². The summed E-state index contributed by atoms with van der Waals surface area (Å²) in [5, 5.41) is 3.86. The largest absolute Gasteiger partial charge is 0.349 e. The second-order valence-corrected chi connectivity index (χ2v) is 6.82. The molecule has 2 unspecified atom stereocenters. The Labute approximate surface area is 125 Å². The number of hydrogen-bond donors (Lipinski definition) is 1. The Kier molecular flexibility index (Phi) is 5.31. The van der Waals surface area contributed by atoms with Crippen molar-refractivity contribution in [3.63, 3.8) is 0 Å². The van der Waals surface area contributed by atoms with Gasteiger partial charge in [-0.2, -0.15) is 0 Å². The summed E-state index contributed by atoms with van der Waals surface area (Å²) >= 11 is 0. The summed E-state index contributed by atoms with van der Waals surface area (Å²) in [5.74, 6) is 1.66. The normalized spacial score (nSPS) is 23.5. The zero-order valence-corrected chi connectivity index (χ0v) is 14.0. The van der Waals surface area contributed by atoms with Crippen molar-refractivity contribution >= 4 is 0 Å². The maximum atomic E-state index is 3.86. The fourth-order valence-corrected chi connectivity index (χ4v) is 3.99. The zero-order chi connectivity index (χ0) is 14.7. The average Bonchev–Trinajstić information content (AvgIpc) is 2.70. The topological polar surface area (TPSA) is 17.0 Å². The van der Waals surface area contributed by atoms with Crippen LogP contribution in [0.1, 0.15) is 63.4 Å². The van der Waals surface area contributed by atoms with Crippen LogP contribution < -0.4 is 5.32 Å². The van der Waals surface area contributed by atoms with Gasteiger partial charge in [0.1, 0.15) is 0 Å². The van der Waals surface area contributed by atoms with Gasteiger partial charge in [0, 0.05) is 30.5 Å². The molecule has 1 fully saturated rings. The van der Waals surface area contributed by atoms with E-state index in [1.807, 2.05) is 0 Å². The van der Waals surface area contributed by atoms with E-state index in [0.717, 1.165) is 24.9 Å². The number of hydrogen-bond acceptors (Lipinski definition) is 1. The van der Waals surface area contributed by atoms with Gasteiger partial charge >= 0.3 is 0 Å². The predicted octanol–water partition coefficient (Wildman–Crippen LogP) is 4.43. The van der Waals surface area contributed by atoms with Gasteiger partial charge in [-0.1, -0.05) is 26.7 Å². The van der Waals surface area contributed by atoms with Crippen LogP contribution in [0.5, 0.6) is 0 Å². The Balaban J connectivity index is 2.00. The van der Waals surface area contributed by atoms with E-state index in [-0.39, 0.29) is 0 Å². The number of aryl methyl sites for hydroxylation is 1. The van der Waals surface area contributed by atoms with Gasteiger partial charge in [-0.25, -0.2) is 0 Å². The average molecular weight is 276 g/mol. The number of rotatable bonds is 5. The molecule has 2 heteroatoms. The molecule has 0 aliphatic heterocycles. The van der Waals surface area contributed by atoms with Gasteiger partial charge in [-0.05, 0) is 57.1 Å². The lowest BCUT2D eigenvalue weighted by molar-refractivity contribution is 0.204. The minimum absolute atomic E-state index is 0.716. The van der Waals surface area contributed by atoms with Gasteiger partial charge < -0.3 is 9.88 Å². The Bertz CT molecular complexity index is 431. The van der Waals surface area contributed by atoms with E-state index in [1.54, 1.807) is 0 Å². The second-order valence-electron chi connectivity index (χ2n) is 6.82. The summed E-state index contributed by atoms with van der Waals surface area (Å²) in [4.78, 5) is 0. The minimum Gasteiger partial charge on any atom is -0.349 e. The lowest BCUT2D eigenvalue weighted by atomic mass is 9.78. The molecule has 0 amide bonds. The molecule has 0 aromatic carbocycles. The highest BCUT2D eigenvalue weighted by Gasteiger charge is 2.27. The van der Waals surface area contributed by atoms with Crippen molar-refractivity contribution in [3.05, 3.63) is 23.0 Å². The first-order chi connectivity index (χ1) is 9.54. The maximum absolute atomic E-state index is 3.86. The van der Waals surface area contributed by atoms with E-state index in [2.05, 4.69) is 50.6 Å². The zero-order valence-electron chi connectivity index (χ0n) is 14.0. The molecule has 1 aromatic heterocycles. The van der Waals surface area contributed by atoms with Gasteiger partial charge in [0.15, 0.2) is 0 Å². The number of nitrogens with one attached hydrogen (secondary N) is 1. The molecule has 20 heavy (non-hydrogen) atoms. The molecule has 2 rings (SSSR count). The first-order valence-electron chi connectivity index (χ1n) is 8.43. The van der Waals surface area contributed by atoms with Crippen LogP contribution in [0.3, 0.4) is 0 Å². The highest BCUT2D eigenvalue weighted by molar-refractivity contribution is 5.26. The lowest BCUT2D eigenvalue weighted by Crippen LogP contribution is -2.40. The molecule has 1 aromatic rings. The van der Waals surface area contributed by atoms with Crippen molar-refractivity contribution in [2.75, 3.05) is 0 Å². The Morgan fingerprint density at radius 1 is 1.25 bits per heavy atom. The van der Waals surface area contributed by atoms with Crippen LogP contribution in [-0.4, -0.2) is 10.6 Å². The number of nitrogens with zero attached hydrogens (tertiary/aromatic N) is 1. The van der Waals surface area contributed by atoms with Crippen LogP contribution in [0.4, 0.5) is 0 Å². The van der Waals surface area contributed by atoms with Crippen molar-refractivity contribution in [2.45, 2.75) is 79.4 Å². The molecule has 2 nitrogen and oxygen atoms in total. The van der Waals surface area contributed by atoms with Crippen LogP contribution in [0, 0.1) is 25.7 Å². The van der Waals surface area contributed by atoms with Gasteiger partial charge in [-0.15, -0.1) is 0 Å². The second kappa shape index (κ2) is 6.80. The van der Waals surface area contributed by atoms with Crippen molar-refractivity contribution < 1.29 is 0 Å². The van der Waals surface area contributed by atoms with Crippen molar-refractivity contribution in [3.8, 4) is 0 Å². The van der Waals surface area contributed by atoms with E-state index in [1.165, 1.54) is 42.6 Å². The monoisotopic (exact) mass is 276 g/mol. The minimum atomic E-state index is 0.716. The summed E-state index contributed by atoms with van der Waals surface area (Å²) in [6, 6.07) is 3.08.